The second-order valence-electron chi connectivity index (χ2n) is 6.20. The molecular weight excluding hydrogens is 346 g/mol. The van der Waals surface area contributed by atoms with Gasteiger partial charge < -0.3 is 0 Å². The topological polar surface area (TPSA) is 64.3 Å². The van der Waals surface area contributed by atoms with Crippen molar-refractivity contribution in [2.45, 2.75) is 23.8 Å². The van der Waals surface area contributed by atoms with E-state index < -0.39 is 9.84 Å². The lowest BCUT2D eigenvalue weighted by atomic mass is 10.1. The van der Waals surface area contributed by atoms with E-state index in [-0.39, 0.29) is 9.92 Å². The lowest BCUT2D eigenvalue weighted by Crippen LogP contribution is -2.09. The fourth-order valence-electron chi connectivity index (χ4n) is 2.96. The molecule has 2 aromatic heterocycles. The Labute approximate surface area is 151 Å². The van der Waals surface area contributed by atoms with Crippen LogP contribution in [0.5, 0.6) is 0 Å². The highest BCUT2D eigenvalue weighted by atomic mass is 32.2. The molecule has 0 aliphatic rings. The number of aromatic nitrogens is 3. The Morgan fingerprint density at radius 1 is 0.923 bits per heavy atom. The Bertz CT molecular complexity index is 1210. The summed E-state index contributed by atoms with van der Waals surface area (Å²) < 4.78 is 27.8. The van der Waals surface area contributed by atoms with Gasteiger partial charge in [0.1, 0.15) is 5.69 Å². The van der Waals surface area contributed by atoms with Crippen LogP contribution in [0.4, 0.5) is 0 Å². The van der Waals surface area contributed by atoms with Crippen molar-refractivity contribution in [3.05, 3.63) is 78.2 Å². The molecule has 0 spiro atoms. The van der Waals surface area contributed by atoms with Crippen molar-refractivity contribution < 1.29 is 8.42 Å². The fourth-order valence-corrected chi connectivity index (χ4v) is 4.30. The Balaban J connectivity index is 1.94. The van der Waals surface area contributed by atoms with Crippen LogP contribution >= 0.6 is 0 Å². The first-order valence-electron chi connectivity index (χ1n) is 8.18. The van der Waals surface area contributed by atoms with Crippen molar-refractivity contribution in [3.8, 4) is 11.3 Å². The van der Waals surface area contributed by atoms with Crippen molar-refractivity contribution in [2.75, 3.05) is 0 Å². The minimum Gasteiger partial charge on any atom is -0.287 e. The number of benzene rings is 2. The quantitative estimate of drug-likeness (QED) is 0.555. The third-order valence-corrected chi connectivity index (χ3v) is 6.15. The van der Waals surface area contributed by atoms with Crippen molar-refractivity contribution in [3.63, 3.8) is 0 Å². The average Bonchev–Trinajstić information content (AvgIpc) is 3.11. The molecule has 130 valence electrons. The number of aryl methyl sites for hydroxylation is 2. The molecule has 0 saturated heterocycles. The normalized spacial score (nSPS) is 11.8. The lowest BCUT2D eigenvalue weighted by molar-refractivity contribution is 0.590. The van der Waals surface area contributed by atoms with E-state index in [1.54, 1.807) is 41.1 Å². The molecule has 2 aromatic carbocycles. The number of hydrogen-bond acceptors (Lipinski definition) is 4. The van der Waals surface area contributed by atoms with Crippen molar-refractivity contribution in [2.24, 2.45) is 0 Å². The molecule has 0 saturated carbocycles. The highest BCUT2D eigenvalue weighted by Crippen LogP contribution is 2.28. The van der Waals surface area contributed by atoms with Gasteiger partial charge in [-0.3, -0.25) is 4.40 Å². The summed E-state index contributed by atoms with van der Waals surface area (Å²) in [6.07, 6.45) is 4.65. The monoisotopic (exact) mass is 363 g/mol. The molecule has 4 rings (SSSR count). The maximum atomic E-state index is 13.1. The van der Waals surface area contributed by atoms with E-state index in [1.165, 1.54) is 6.20 Å². The first-order valence-corrected chi connectivity index (χ1v) is 9.66. The highest BCUT2D eigenvalue weighted by molar-refractivity contribution is 7.91. The second kappa shape index (κ2) is 6.07. The minimum atomic E-state index is -3.70. The van der Waals surface area contributed by atoms with Crippen LogP contribution in [0.2, 0.25) is 0 Å². The van der Waals surface area contributed by atoms with Gasteiger partial charge in [0.25, 0.3) is 0 Å². The van der Waals surface area contributed by atoms with Crippen LogP contribution < -0.4 is 0 Å². The highest BCUT2D eigenvalue weighted by Gasteiger charge is 2.23. The summed E-state index contributed by atoms with van der Waals surface area (Å²) in [4.78, 5) is 9.05. The summed E-state index contributed by atoms with van der Waals surface area (Å²) in [6, 6.07) is 14.6. The number of rotatable bonds is 3. The molecular formula is C20H17N3O2S. The maximum absolute atomic E-state index is 13.1. The van der Waals surface area contributed by atoms with E-state index in [4.69, 9.17) is 0 Å². The van der Waals surface area contributed by atoms with E-state index in [0.717, 1.165) is 16.7 Å². The maximum Gasteiger partial charge on any atom is 0.223 e. The zero-order valence-corrected chi connectivity index (χ0v) is 15.2. The molecule has 0 fully saturated rings. The lowest BCUT2D eigenvalue weighted by Gasteiger charge is -2.11. The Kier molecular flexibility index (Phi) is 3.85. The van der Waals surface area contributed by atoms with Gasteiger partial charge in [-0.2, -0.15) is 0 Å². The van der Waals surface area contributed by atoms with Crippen LogP contribution in [-0.4, -0.2) is 22.8 Å². The van der Waals surface area contributed by atoms with Crippen molar-refractivity contribution in [1.29, 1.82) is 0 Å². The van der Waals surface area contributed by atoms with E-state index >= 15 is 0 Å². The zero-order chi connectivity index (χ0) is 18.3. The molecule has 0 N–H and O–H groups in total. The van der Waals surface area contributed by atoms with Gasteiger partial charge in [-0.25, -0.2) is 18.4 Å². The van der Waals surface area contributed by atoms with Gasteiger partial charge in [0.15, 0.2) is 10.7 Å². The summed E-state index contributed by atoms with van der Waals surface area (Å²) in [5, 5.41) is 0.103. The zero-order valence-electron chi connectivity index (χ0n) is 14.4. The van der Waals surface area contributed by atoms with Gasteiger partial charge in [0.2, 0.25) is 9.84 Å². The van der Waals surface area contributed by atoms with Crippen LogP contribution in [0, 0.1) is 13.8 Å². The van der Waals surface area contributed by atoms with E-state index in [2.05, 4.69) is 9.97 Å². The number of sulfone groups is 1. The standard InChI is InChI=1S/C20H17N3O2S/c1-14-7-9-16(10-8-14)26(24,25)18-13-22-19(20-21-11-12-23(18)20)17-6-4-3-5-15(17)2/h3-13H,1-2H3. The molecule has 0 radical (unpaired) electrons. The third kappa shape index (κ3) is 2.59. The molecule has 0 amide bonds. The summed E-state index contributed by atoms with van der Waals surface area (Å²) in [5.74, 6) is 0. The van der Waals surface area contributed by atoms with Crippen LogP contribution in [0.25, 0.3) is 16.9 Å². The largest absolute Gasteiger partial charge is 0.287 e. The minimum absolute atomic E-state index is 0.103. The van der Waals surface area contributed by atoms with Crippen molar-refractivity contribution >= 4 is 15.5 Å². The number of hydrogen-bond donors (Lipinski definition) is 0. The van der Waals surface area contributed by atoms with E-state index in [0.29, 0.717) is 11.3 Å². The summed E-state index contributed by atoms with van der Waals surface area (Å²) in [6.45, 7) is 3.91. The number of imidazole rings is 1. The SMILES string of the molecule is Cc1ccc(S(=O)(=O)c2cnc(-c3ccccc3C)c3nccn23)cc1. The smallest absolute Gasteiger partial charge is 0.223 e. The van der Waals surface area contributed by atoms with Gasteiger partial charge in [0, 0.05) is 18.0 Å². The second-order valence-corrected chi connectivity index (χ2v) is 8.09. The molecule has 4 aromatic rings. The van der Waals surface area contributed by atoms with Crippen LogP contribution in [-0.2, 0) is 9.84 Å². The predicted octanol–water partition coefficient (Wildman–Crippen LogP) is 3.85. The van der Waals surface area contributed by atoms with Crippen molar-refractivity contribution in [1.82, 2.24) is 14.4 Å². The van der Waals surface area contributed by atoms with Crippen LogP contribution in [0.15, 0.2) is 77.0 Å². The molecule has 6 heteroatoms. The molecule has 5 nitrogen and oxygen atoms in total. The van der Waals surface area contributed by atoms with E-state index in [1.807, 2.05) is 38.1 Å². The summed E-state index contributed by atoms with van der Waals surface area (Å²) in [7, 11) is -3.70. The summed E-state index contributed by atoms with van der Waals surface area (Å²) >= 11 is 0. The molecule has 0 unspecified atom stereocenters. The van der Waals surface area contributed by atoms with Gasteiger partial charge >= 0.3 is 0 Å². The first-order chi connectivity index (χ1) is 12.5. The predicted molar refractivity (Wildman–Crippen MR) is 99.8 cm³/mol. The molecule has 2 heterocycles. The van der Waals surface area contributed by atoms with Crippen LogP contribution in [0.3, 0.4) is 0 Å². The Hall–Kier alpha value is -2.99. The number of nitrogens with zero attached hydrogens (tertiary/aromatic N) is 3. The first kappa shape index (κ1) is 16.5. The van der Waals surface area contributed by atoms with Gasteiger partial charge in [-0.05, 0) is 31.5 Å². The third-order valence-electron chi connectivity index (χ3n) is 4.40. The Morgan fingerprint density at radius 3 is 2.38 bits per heavy atom. The van der Waals surface area contributed by atoms with Crippen LogP contribution in [0.1, 0.15) is 11.1 Å². The average molecular weight is 363 g/mol. The molecule has 0 aliphatic heterocycles. The van der Waals surface area contributed by atoms with Gasteiger partial charge in [-0.15, -0.1) is 0 Å². The molecule has 0 aliphatic carbocycles. The molecule has 0 bridgehead atoms. The summed E-state index contributed by atoms with van der Waals surface area (Å²) in [5.41, 5.74) is 4.18. The molecule has 0 atom stereocenters. The van der Waals surface area contributed by atoms with Gasteiger partial charge in [0.05, 0.1) is 11.1 Å². The number of fused-ring (bicyclic) bond motifs is 1. The fraction of sp³-hybridized carbons (Fsp3) is 0.100. The van der Waals surface area contributed by atoms with Gasteiger partial charge in [-0.1, -0.05) is 42.0 Å². The molecule has 26 heavy (non-hydrogen) atoms. The Morgan fingerprint density at radius 2 is 1.65 bits per heavy atom. The van der Waals surface area contributed by atoms with E-state index in [9.17, 15) is 8.42 Å².